The average molecular weight is 290 g/mol. The summed E-state index contributed by atoms with van der Waals surface area (Å²) in [4.78, 5) is 14.3. The third kappa shape index (κ3) is 2.20. The highest BCUT2D eigenvalue weighted by molar-refractivity contribution is 6.32. The molecule has 1 aliphatic rings. The van der Waals surface area contributed by atoms with Crippen LogP contribution in [0.1, 0.15) is 28.9 Å². The molecule has 1 fully saturated rings. The molecular weight excluding hydrogens is 274 g/mol. The van der Waals surface area contributed by atoms with Gasteiger partial charge in [0.1, 0.15) is 0 Å². The van der Waals surface area contributed by atoms with Crippen LogP contribution in [0, 0.1) is 6.92 Å². The number of likely N-dealkylation sites (tertiary alicyclic amines) is 1. The van der Waals surface area contributed by atoms with Gasteiger partial charge in [0.05, 0.1) is 28.2 Å². The Morgan fingerprint density at radius 2 is 1.95 bits per heavy atom. The van der Waals surface area contributed by atoms with E-state index >= 15 is 0 Å². The molecule has 0 radical (unpaired) electrons. The summed E-state index contributed by atoms with van der Waals surface area (Å²) in [5.41, 5.74) is 2.29. The van der Waals surface area contributed by atoms with Crippen LogP contribution in [-0.2, 0) is 0 Å². The van der Waals surface area contributed by atoms with Gasteiger partial charge in [-0.3, -0.25) is 4.79 Å². The van der Waals surface area contributed by atoms with Gasteiger partial charge in [0, 0.05) is 13.1 Å². The van der Waals surface area contributed by atoms with E-state index in [1.807, 2.05) is 36.1 Å². The molecule has 1 aliphatic heterocycles. The standard InChI is InChI=1S/C15H16ClN3O/c1-11-12(15(20)18-8-4-5-9-18)10-17-19(11)14-7-3-2-6-13(14)16/h2-3,6-7,10H,4-5,8-9H2,1H3. The number of para-hydroxylation sites is 1. The van der Waals surface area contributed by atoms with Crippen molar-refractivity contribution in [2.45, 2.75) is 19.8 Å². The number of benzene rings is 1. The first-order valence-electron chi connectivity index (χ1n) is 6.77. The van der Waals surface area contributed by atoms with Crippen molar-refractivity contribution in [2.24, 2.45) is 0 Å². The number of nitrogens with zero attached hydrogens (tertiary/aromatic N) is 3. The van der Waals surface area contributed by atoms with E-state index in [0.29, 0.717) is 10.6 Å². The van der Waals surface area contributed by atoms with Crippen molar-refractivity contribution in [3.05, 3.63) is 46.7 Å². The molecular formula is C15H16ClN3O. The van der Waals surface area contributed by atoms with Crippen LogP contribution in [0.3, 0.4) is 0 Å². The highest BCUT2D eigenvalue weighted by Gasteiger charge is 2.23. The summed E-state index contributed by atoms with van der Waals surface area (Å²) >= 11 is 6.19. The van der Waals surface area contributed by atoms with Crippen molar-refractivity contribution in [2.75, 3.05) is 13.1 Å². The molecule has 0 saturated carbocycles. The van der Waals surface area contributed by atoms with Crippen LogP contribution in [0.25, 0.3) is 5.69 Å². The predicted octanol–water partition coefficient (Wildman–Crippen LogP) is 3.07. The zero-order chi connectivity index (χ0) is 14.1. The molecule has 3 rings (SSSR count). The van der Waals surface area contributed by atoms with E-state index in [2.05, 4.69) is 5.10 Å². The van der Waals surface area contributed by atoms with Crippen molar-refractivity contribution >= 4 is 17.5 Å². The molecule has 4 nitrogen and oxygen atoms in total. The van der Waals surface area contributed by atoms with Gasteiger partial charge in [-0.2, -0.15) is 5.10 Å². The Hall–Kier alpha value is -1.81. The van der Waals surface area contributed by atoms with Crippen LogP contribution in [0.2, 0.25) is 5.02 Å². The van der Waals surface area contributed by atoms with E-state index in [1.54, 1.807) is 10.9 Å². The highest BCUT2D eigenvalue weighted by atomic mass is 35.5. The van der Waals surface area contributed by atoms with E-state index in [-0.39, 0.29) is 5.91 Å². The number of rotatable bonds is 2. The van der Waals surface area contributed by atoms with Crippen LogP contribution in [-0.4, -0.2) is 33.7 Å². The summed E-state index contributed by atoms with van der Waals surface area (Å²) in [5.74, 6) is 0.0679. The maximum atomic E-state index is 12.4. The molecule has 0 aliphatic carbocycles. The Kier molecular flexibility index (Phi) is 3.49. The third-order valence-corrected chi connectivity index (χ3v) is 4.03. The Bertz CT molecular complexity index is 644. The highest BCUT2D eigenvalue weighted by Crippen LogP contribution is 2.23. The number of hydrogen-bond donors (Lipinski definition) is 0. The second-order valence-corrected chi connectivity index (χ2v) is 5.41. The molecule has 0 spiro atoms. The van der Waals surface area contributed by atoms with E-state index in [4.69, 9.17) is 11.6 Å². The van der Waals surface area contributed by atoms with E-state index in [0.717, 1.165) is 37.3 Å². The lowest BCUT2D eigenvalue weighted by Crippen LogP contribution is -2.27. The van der Waals surface area contributed by atoms with Gasteiger partial charge >= 0.3 is 0 Å². The van der Waals surface area contributed by atoms with Crippen LogP contribution in [0.4, 0.5) is 0 Å². The molecule has 0 N–H and O–H groups in total. The summed E-state index contributed by atoms with van der Waals surface area (Å²) in [6, 6.07) is 7.50. The fourth-order valence-electron chi connectivity index (χ4n) is 2.58. The Morgan fingerprint density at radius 1 is 1.25 bits per heavy atom. The van der Waals surface area contributed by atoms with Crippen LogP contribution in [0.15, 0.2) is 30.5 Å². The van der Waals surface area contributed by atoms with E-state index in [9.17, 15) is 4.79 Å². The number of hydrogen-bond acceptors (Lipinski definition) is 2. The average Bonchev–Trinajstić information content (AvgIpc) is 3.09. The van der Waals surface area contributed by atoms with Crippen molar-refractivity contribution in [1.82, 2.24) is 14.7 Å². The first-order chi connectivity index (χ1) is 9.68. The van der Waals surface area contributed by atoms with Gasteiger partial charge in [-0.05, 0) is 31.9 Å². The van der Waals surface area contributed by atoms with Crippen LogP contribution in [0.5, 0.6) is 0 Å². The molecule has 0 bridgehead atoms. The fourth-order valence-corrected chi connectivity index (χ4v) is 2.79. The van der Waals surface area contributed by atoms with Crippen molar-refractivity contribution in [3.63, 3.8) is 0 Å². The minimum Gasteiger partial charge on any atom is -0.339 e. The zero-order valence-electron chi connectivity index (χ0n) is 11.3. The molecule has 20 heavy (non-hydrogen) atoms. The number of amides is 1. The molecule has 5 heteroatoms. The fraction of sp³-hybridized carbons (Fsp3) is 0.333. The first kappa shape index (κ1) is 13.2. The van der Waals surface area contributed by atoms with Gasteiger partial charge in [-0.1, -0.05) is 23.7 Å². The Balaban J connectivity index is 1.96. The number of carbonyl (C=O) groups is 1. The monoisotopic (exact) mass is 289 g/mol. The van der Waals surface area contributed by atoms with Gasteiger partial charge in [0.15, 0.2) is 0 Å². The number of carbonyl (C=O) groups excluding carboxylic acids is 1. The second kappa shape index (κ2) is 5.29. The summed E-state index contributed by atoms with van der Waals surface area (Å²) in [5, 5.41) is 4.95. The summed E-state index contributed by atoms with van der Waals surface area (Å²) in [6.45, 7) is 3.59. The first-order valence-corrected chi connectivity index (χ1v) is 7.15. The van der Waals surface area contributed by atoms with Crippen molar-refractivity contribution < 1.29 is 4.79 Å². The lowest BCUT2D eigenvalue weighted by atomic mass is 10.2. The summed E-state index contributed by atoms with van der Waals surface area (Å²) in [6.07, 6.45) is 3.81. The predicted molar refractivity (Wildman–Crippen MR) is 78.4 cm³/mol. The number of aromatic nitrogens is 2. The van der Waals surface area contributed by atoms with Gasteiger partial charge in [-0.25, -0.2) is 4.68 Å². The Morgan fingerprint density at radius 3 is 2.65 bits per heavy atom. The van der Waals surface area contributed by atoms with Crippen LogP contribution >= 0.6 is 11.6 Å². The Labute approximate surface area is 123 Å². The quantitative estimate of drug-likeness (QED) is 0.852. The minimum atomic E-state index is 0.0679. The molecule has 0 atom stereocenters. The maximum absolute atomic E-state index is 12.4. The number of halogens is 1. The maximum Gasteiger partial charge on any atom is 0.257 e. The topological polar surface area (TPSA) is 38.1 Å². The van der Waals surface area contributed by atoms with E-state index in [1.165, 1.54) is 0 Å². The molecule has 2 heterocycles. The molecule has 1 amide bonds. The largest absolute Gasteiger partial charge is 0.339 e. The molecule has 2 aromatic rings. The smallest absolute Gasteiger partial charge is 0.257 e. The van der Waals surface area contributed by atoms with Gasteiger partial charge < -0.3 is 4.90 Å². The molecule has 1 aromatic carbocycles. The van der Waals surface area contributed by atoms with Crippen molar-refractivity contribution in [3.8, 4) is 5.69 Å². The SMILES string of the molecule is Cc1c(C(=O)N2CCCC2)cnn1-c1ccccc1Cl. The van der Waals surface area contributed by atoms with Crippen LogP contribution < -0.4 is 0 Å². The molecule has 1 saturated heterocycles. The van der Waals surface area contributed by atoms with Gasteiger partial charge in [0.2, 0.25) is 0 Å². The minimum absolute atomic E-state index is 0.0679. The zero-order valence-corrected chi connectivity index (χ0v) is 12.1. The molecule has 1 aromatic heterocycles. The lowest BCUT2D eigenvalue weighted by Gasteiger charge is -2.14. The van der Waals surface area contributed by atoms with Crippen molar-refractivity contribution in [1.29, 1.82) is 0 Å². The lowest BCUT2D eigenvalue weighted by molar-refractivity contribution is 0.0792. The van der Waals surface area contributed by atoms with Gasteiger partial charge in [0.25, 0.3) is 5.91 Å². The van der Waals surface area contributed by atoms with E-state index < -0.39 is 0 Å². The normalized spacial score (nSPS) is 14.8. The molecule has 0 unspecified atom stereocenters. The second-order valence-electron chi connectivity index (χ2n) is 5.01. The summed E-state index contributed by atoms with van der Waals surface area (Å²) < 4.78 is 1.73. The molecule has 104 valence electrons. The summed E-state index contributed by atoms with van der Waals surface area (Å²) in [7, 11) is 0. The van der Waals surface area contributed by atoms with Gasteiger partial charge in [-0.15, -0.1) is 0 Å². The third-order valence-electron chi connectivity index (χ3n) is 3.71.